The highest BCUT2D eigenvalue weighted by molar-refractivity contribution is 4.89. The molecule has 2 heteroatoms. The number of nitrogens with zero attached hydrogens (tertiary/aromatic N) is 1. The Hall–Kier alpha value is -0.0800. The molecule has 1 unspecified atom stereocenters. The second kappa shape index (κ2) is 6.61. The van der Waals surface area contributed by atoms with E-state index in [1.165, 1.54) is 38.8 Å². The Labute approximate surface area is 102 Å². The molecule has 0 spiro atoms. The monoisotopic (exact) mass is 226 g/mol. The average Bonchev–Trinajstić information content (AvgIpc) is 3.10. The van der Waals surface area contributed by atoms with Gasteiger partial charge in [-0.1, -0.05) is 27.7 Å². The fourth-order valence-electron chi connectivity index (χ4n) is 2.33. The van der Waals surface area contributed by atoms with Crippen molar-refractivity contribution in [3.63, 3.8) is 0 Å². The standard InChI is InChI=1S/C14H30N2/c1-5-10-16(13-8-9-13)12-14(4,6-2)11-15-7-3/h13,15H,5-12H2,1-4H3. The van der Waals surface area contributed by atoms with E-state index in [2.05, 4.69) is 37.9 Å². The van der Waals surface area contributed by atoms with Crippen molar-refractivity contribution >= 4 is 0 Å². The van der Waals surface area contributed by atoms with Crippen LogP contribution in [0.3, 0.4) is 0 Å². The highest BCUT2D eigenvalue weighted by Crippen LogP contribution is 2.31. The molecule has 0 aromatic rings. The molecule has 1 rings (SSSR count). The van der Waals surface area contributed by atoms with Gasteiger partial charge in [0.1, 0.15) is 0 Å². The van der Waals surface area contributed by atoms with Crippen LogP contribution in [-0.4, -0.2) is 37.1 Å². The van der Waals surface area contributed by atoms with Crippen molar-refractivity contribution in [1.29, 1.82) is 0 Å². The first-order valence-electron chi connectivity index (χ1n) is 7.10. The Kier molecular flexibility index (Phi) is 5.77. The maximum absolute atomic E-state index is 3.52. The van der Waals surface area contributed by atoms with Crippen molar-refractivity contribution in [1.82, 2.24) is 10.2 Å². The number of hydrogen-bond acceptors (Lipinski definition) is 2. The van der Waals surface area contributed by atoms with Crippen LogP contribution in [0.5, 0.6) is 0 Å². The summed E-state index contributed by atoms with van der Waals surface area (Å²) in [5.41, 5.74) is 0.452. The van der Waals surface area contributed by atoms with Crippen LogP contribution in [0.15, 0.2) is 0 Å². The molecular formula is C14H30N2. The summed E-state index contributed by atoms with van der Waals surface area (Å²) in [5.74, 6) is 0. The van der Waals surface area contributed by atoms with Gasteiger partial charge in [-0.2, -0.15) is 0 Å². The lowest BCUT2D eigenvalue weighted by molar-refractivity contribution is 0.148. The van der Waals surface area contributed by atoms with Gasteiger partial charge in [0.05, 0.1) is 0 Å². The van der Waals surface area contributed by atoms with Crippen LogP contribution in [0.2, 0.25) is 0 Å². The summed E-state index contributed by atoms with van der Waals surface area (Å²) in [4.78, 5) is 2.72. The molecule has 1 fully saturated rings. The lowest BCUT2D eigenvalue weighted by Gasteiger charge is -2.35. The van der Waals surface area contributed by atoms with Gasteiger partial charge in [-0.05, 0) is 44.2 Å². The van der Waals surface area contributed by atoms with E-state index in [9.17, 15) is 0 Å². The van der Waals surface area contributed by atoms with E-state index in [-0.39, 0.29) is 0 Å². The Morgan fingerprint density at radius 1 is 1.25 bits per heavy atom. The highest BCUT2D eigenvalue weighted by Gasteiger charge is 2.33. The van der Waals surface area contributed by atoms with E-state index in [0.717, 1.165) is 19.1 Å². The Balaban J connectivity index is 2.44. The smallest absolute Gasteiger partial charge is 0.00966 e. The topological polar surface area (TPSA) is 15.3 Å². The van der Waals surface area contributed by atoms with Crippen LogP contribution >= 0.6 is 0 Å². The molecule has 1 atom stereocenters. The largest absolute Gasteiger partial charge is 0.316 e. The molecular weight excluding hydrogens is 196 g/mol. The third-order valence-electron chi connectivity index (χ3n) is 3.81. The minimum absolute atomic E-state index is 0.452. The van der Waals surface area contributed by atoms with Crippen molar-refractivity contribution in [2.24, 2.45) is 5.41 Å². The van der Waals surface area contributed by atoms with Crippen molar-refractivity contribution in [2.45, 2.75) is 59.4 Å². The van der Waals surface area contributed by atoms with E-state index in [1.807, 2.05) is 0 Å². The van der Waals surface area contributed by atoms with Crippen LogP contribution in [-0.2, 0) is 0 Å². The van der Waals surface area contributed by atoms with E-state index in [1.54, 1.807) is 0 Å². The second-order valence-electron chi connectivity index (χ2n) is 5.65. The van der Waals surface area contributed by atoms with Crippen LogP contribution in [0.1, 0.15) is 53.4 Å². The molecule has 1 aliphatic carbocycles. The van der Waals surface area contributed by atoms with Crippen molar-refractivity contribution < 1.29 is 0 Å². The molecule has 1 saturated carbocycles. The van der Waals surface area contributed by atoms with Gasteiger partial charge in [0, 0.05) is 19.1 Å². The van der Waals surface area contributed by atoms with E-state index in [4.69, 9.17) is 0 Å². The van der Waals surface area contributed by atoms with E-state index < -0.39 is 0 Å². The lowest BCUT2D eigenvalue weighted by atomic mass is 9.86. The average molecular weight is 226 g/mol. The minimum Gasteiger partial charge on any atom is -0.316 e. The maximum atomic E-state index is 3.52. The summed E-state index contributed by atoms with van der Waals surface area (Å²) >= 11 is 0. The Morgan fingerprint density at radius 3 is 2.38 bits per heavy atom. The first-order chi connectivity index (χ1) is 7.65. The first-order valence-corrected chi connectivity index (χ1v) is 7.10. The molecule has 96 valence electrons. The van der Waals surface area contributed by atoms with Gasteiger partial charge in [-0.25, -0.2) is 0 Å². The van der Waals surface area contributed by atoms with Gasteiger partial charge < -0.3 is 5.32 Å². The van der Waals surface area contributed by atoms with Crippen molar-refractivity contribution in [3.05, 3.63) is 0 Å². The third kappa shape index (κ3) is 4.42. The third-order valence-corrected chi connectivity index (χ3v) is 3.81. The molecule has 0 amide bonds. The van der Waals surface area contributed by atoms with E-state index >= 15 is 0 Å². The lowest BCUT2D eigenvalue weighted by Crippen LogP contribution is -2.43. The highest BCUT2D eigenvalue weighted by atomic mass is 15.2. The normalized spacial score (nSPS) is 20.1. The summed E-state index contributed by atoms with van der Waals surface area (Å²) in [6, 6.07) is 0.910. The predicted molar refractivity (Wildman–Crippen MR) is 71.8 cm³/mol. The fraction of sp³-hybridized carbons (Fsp3) is 1.00. The Bertz CT molecular complexity index is 189. The van der Waals surface area contributed by atoms with Crippen LogP contribution in [0.25, 0.3) is 0 Å². The number of nitrogens with one attached hydrogen (secondary N) is 1. The summed E-state index contributed by atoms with van der Waals surface area (Å²) in [5, 5.41) is 3.52. The molecule has 0 aromatic heterocycles. The van der Waals surface area contributed by atoms with Gasteiger partial charge in [0.2, 0.25) is 0 Å². The maximum Gasteiger partial charge on any atom is 0.00966 e. The fourth-order valence-corrected chi connectivity index (χ4v) is 2.33. The van der Waals surface area contributed by atoms with Crippen LogP contribution in [0.4, 0.5) is 0 Å². The molecule has 16 heavy (non-hydrogen) atoms. The van der Waals surface area contributed by atoms with Gasteiger partial charge >= 0.3 is 0 Å². The molecule has 0 heterocycles. The van der Waals surface area contributed by atoms with Crippen molar-refractivity contribution in [3.8, 4) is 0 Å². The van der Waals surface area contributed by atoms with Gasteiger partial charge in [-0.15, -0.1) is 0 Å². The van der Waals surface area contributed by atoms with Gasteiger partial charge in [0.25, 0.3) is 0 Å². The molecule has 2 nitrogen and oxygen atoms in total. The Morgan fingerprint density at radius 2 is 1.94 bits per heavy atom. The summed E-state index contributed by atoms with van der Waals surface area (Å²) in [6.45, 7) is 14.1. The van der Waals surface area contributed by atoms with Gasteiger partial charge in [0.15, 0.2) is 0 Å². The molecule has 0 aromatic carbocycles. The summed E-state index contributed by atoms with van der Waals surface area (Å²) < 4.78 is 0. The van der Waals surface area contributed by atoms with Crippen LogP contribution < -0.4 is 5.32 Å². The van der Waals surface area contributed by atoms with E-state index in [0.29, 0.717) is 5.41 Å². The predicted octanol–water partition coefficient (Wildman–Crippen LogP) is 2.89. The SMILES string of the molecule is CCCN(CC(C)(CC)CNCC)C1CC1. The molecule has 0 saturated heterocycles. The number of rotatable bonds is 9. The second-order valence-corrected chi connectivity index (χ2v) is 5.65. The molecule has 1 aliphatic rings. The number of hydrogen-bond donors (Lipinski definition) is 1. The first kappa shape index (κ1) is 14.0. The molecule has 0 radical (unpaired) electrons. The summed E-state index contributed by atoms with van der Waals surface area (Å²) in [7, 11) is 0. The zero-order valence-corrected chi connectivity index (χ0v) is 11.7. The molecule has 1 N–H and O–H groups in total. The zero-order chi connectivity index (χ0) is 12.0. The molecule has 0 bridgehead atoms. The zero-order valence-electron chi connectivity index (χ0n) is 11.7. The summed E-state index contributed by atoms with van der Waals surface area (Å²) in [6.07, 6.45) is 5.42. The minimum atomic E-state index is 0.452. The quantitative estimate of drug-likeness (QED) is 0.650. The van der Waals surface area contributed by atoms with Crippen molar-refractivity contribution in [2.75, 3.05) is 26.2 Å². The van der Waals surface area contributed by atoms with Gasteiger partial charge in [-0.3, -0.25) is 4.90 Å². The van der Waals surface area contributed by atoms with Crippen LogP contribution in [0, 0.1) is 5.41 Å². The molecule has 0 aliphatic heterocycles.